The van der Waals surface area contributed by atoms with Gasteiger partial charge >= 0.3 is 0 Å². The number of hydrogen-bond donors (Lipinski definition) is 1. The van der Waals surface area contributed by atoms with E-state index in [4.69, 9.17) is 9.47 Å². The normalized spacial score (nSPS) is 18.9. The first-order valence-electron chi connectivity index (χ1n) is 11.3. The molecule has 35 heavy (non-hydrogen) atoms. The number of carbonyl (C=O) groups excluding carboxylic acids is 2. The summed E-state index contributed by atoms with van der Waals surface area (Å²) in [7, 11) is 3.51. The van der Waals surface area contributed by atoms with Crippen molar-refractivity contribution in [2.45, 2.75) is 12.6 Å². The minimum atomic E-state index is -0.840. The summed E-state index contributed by atoms with van der Waals surface area (Å²) >= 11 is 0. The third-order valence-electron chi connectivity index (χ3n) is 6.32. The fourth-order valence-corrected chi connectivity index (χ4v) is 4.51. The predicted molar refractivity (Wildman–Crippen MR) is 130 cm³/mol. The monoisotopic (exact) mass is 471 g/mol. The first-order valence-corrected chi connectivity index (χ1v) is 11.3. The van der Waals surface area contributed by atoms with E-state index in [9.17, 15) is 14.7 Å². The van der Waals surface area contributed by atoms with Crippen LogP contribution in [0.25, 0.3) is 5.76 Å². The molecule has 2 aliphatic rings. The second-order valence-corrected chi connectivity index (χ2v) is 8.49. The van der Waals surface area contributed by atoms with E-state index >= 15 is 0 Å². The minimum absolute atomic E-state index is 0.0101. The van der Waals surface area contributed by atoms with E-state index < -0.39 is 17.7 Å². The average Bonchev–Trinajstić information content (AvgIpc) is 3.14. The third kappa shape index (κ3) is 4.07. The van der Waals surface area contributed by atoms with Crippen molar-refractivity contribution >= 4 is 23.1 Å². The standard InChI is InChI=1S/C27H25N3O5/c1-29-12-13-35-22-10-9-18(15-21(22)29)25(31)23-24(20-8-3-4-11-28-20)30(27(33)26(23)32)16-17-6-5-7-19(14-17)34-2/h3-11,14-15,24,31H,12-13,16H2,1-2H3/b25-23-. The van der Waals surface area contributed by atoms with Crippen LogP contribution in [-0.4, -0.2) is 54.0 Å². The number of fused-ring (bicyclic) bond motifs is 1. The summed E-state index contributed by atoms with van der Waals surface area (Å²) in [4.78, 5) is 34.4. The van der Waals surface area contributed by atoms with E-state index in [0.717, 1.165) is 11.3 Å². The van der Waals surface area contributed by atoms with Gasteiger partial charge in [0.2, 0.25) is 0 Å². The van der Waals surface area contributed by atoms with Crippen molar-refractivity contribution < 1.29 is 24.2 Å². The van der Waals surface area contributed by atoms with E-state index in [1.165, 1.54) is 4.90 Å². The van der Waals surface area contributed by atoms with E-state index in [1.54, 1.807) is 49.7 Å². The number of ether oxygens (including phenoxy) is 2. The number of methoxy groups -OCH3 is 1. The van der Waals surface area contributed by atoms with Crippen molar-refractivity contribution in [2.75, 3.05) is 32.2 Å². The number of likely N-dealkylation sites (N-methyl/N-ethyl adjacent to an activating group) is 1. The predicted octanol–water partition coefficient (Wildman–Crippen LogP) is 3.54. The highest BCUT2D eigenvalue weighted by atomic mass is 16.5. The van der Waals surface area contributed by atoms with Gasteiger partial charge in [-0.3, -0.25) is 14.6 Å². The molecule has 8 heteroatoms. The Bertz CT molecular complexity index is 1320. The number of amides is 1. The van der Waals surface area contributed by atoms with Crippen molar-refractivity contribution in [1.29, 1.82) is 0 Å². The number of nitrogens with zero attached hydrogens (tertiary/aromatic N) is 3. The van der Waals surface area contributed by atoms with Crippen molar-refractivity contribution in [3.05, 3.63) is 89.3 Å². The lowest BCUT2D eigenvalue weighted by Gasteiger charge is -2.28. The summed E-state index contributed by atoms with van der Waals surface area (Å²) < 4.78 is 11.0. The zero-order chi connectivity index (χ0) is 24.5. The number of rotatable bonds is 5. The van der Waals surface area contributed by atoms with Crippen LogP contribution in [0.4, 0.5) is 5.69 Å². The Balaban J connectivity index is 1.61. The van der Waals surface area contributed by atoms with Crippen molar-refractivity contribution in [2.24, 2.45) is 0 Å². The lowest BCUT2D eigenvalue weighted by molar-refractivity contribution is -0.140. The summed E-state index contributed by atoms with van der Waals surface area (Å²) in [6.45, 7) is 1.43. The Morgan fingerprint density at radius 2 is 2.00 bits per heavy atom. The first kappa shape index (κ1) is 22.5. The number of likely N-dealkylation sites (tertiary alicyclic amines) is 1. The molecule has 1 amide bonds. The number of hydrogen-bond acceptors (Lipinski definition) is 7. The molecule has 1 aromatic heterocycles. The van der Waals surface area contributed by atoms with Gasteiger partial charge in [-0.2, -0.15) is 0 Å². The summed E-state index contributed by atoms with van der Waals surface area (Å²) in [6, 6.07) is 17.0. The highest BCUT2D eigenvalue weighted by Crippen LogP contribution is 2.41. The summed E-state index contributed by atoms with van der Waals surface area (Å²) in [6.07, 6.45) is 1.60. The van der Waals surface area contributed by atoms with Gasteiger partial charge in [0, 0.05) is 25.4 Å². The van der Waals surface area contributed by atoms with Crippen molar-refractivity contribution in [3.8, 4) is 11.5 Å². The molecular weight excluding hydrogens is 446 g/mol. The molecule has 2 aliphatic heterocycles. The van der Waals surface area contributed by atoms with Gasteiger partial charge in [0.05, 0.1) is 30.6 Å². The molecule has 1 N–H and O–H groups in total. The van der Waals surface area contributed by atoms with Crippen LogP contribution < -0.4 is 14.4 Å². The van der Waals surface area contributed by atoms with E-state index in [0.29, 0.717) is 35.9 Å². The lowest BCUT2D eigenvalue weighted by atomic mass is 9.97. The van der Waals surface area contributed by atoms with Crippen molar-refractivity contribution in [3.63, 3.8) is 0 Å². The molecule has 3 aromatic rings. The first-order chi connectivity index (χ1) is 17.0. The number of Topliss-reactive ketones (excluding diaryl/α,β-unsaturated/α-hetero) is 1. The Hall–Kier alpha value is -4.33. The largest absolute Gasteiger partial charge is 0.507 e. The zero-order valence-corrected chi connectivity index (χ0v) is 19.5. The molecule has 5 rings (SSSR count). The van der Waals surface area contributed by atoms with Crippen LogP contribution in [-0.2, 0) is 16.1 Å². The van der Waals surface area contributed by atoms with Crippen LogP contribution in [0.5, 0.6) is 11.5 Å². The summed E-state index contributed by atoms with van der Waals surface area (Å²) in [5, 5.41) is 11.4. The molecule has 3 heterocycles. The van der Waals surface area contributed by atoms with Gasteiger partial charge in [-0.15, -0.1) is 0 Å². The highest BCUT2D eigenvalue weighted by molar-refractivity contribution is 6.46. The topological polar surface area (TPSA) is 92.2 Å². The lowest BCUT2D eigenvalue weighted by Crippen LogP contribution is -2.29. The third-order valence-corrected chi connectivity index (χ3v) is 6.32. The van der Waals surface area contributed by atoms with Crippen molar-refractivity contribution in [1.82, 2.24) is 9.88 Å². The molecule has 1 saturated heterocycles. The molecule has 178 valence electrons. The number of ketones is 1. The number of aliphatic hydroxyl groups is 1. The van der Waals surface area contributed by atoms with Gasteiger partial charge in [0.15, 0.2) is 0 Å². The molecule has 1 atom stereocenters. The second kappa shape index (κ2) is 9.13. The Morgan fingerprint density at radius 3 is 2.77 bits per heavy atom. The van der Waals surface area contributed by atoms with Gasteiger partial charge in [0.25, 0.3) is 11.7 Å². The SMILES string of the molecule is COc1cccc(CN2C(=O)C(=O)/C(=C(\O)c3ccc4c(c3)N(C)CCO4)C2c2ccccn2)c1. The van der Waals surface area contributed by atoms with E-state index in [1.807, 2.05) is 36.2 Å². The zero-order valence-electron chi connectivity index (χ0n) is 19.5. The summed E-state index contributed by atoms with van der Waals surface area (Å²) in [5.74, 6) is -0.329. The Labute approximate surface area is 203 Å². The summed E-state index contributed by atoms with van der Waals surface area (Å²) in [5.41, 5.74) is 2.53. The van der Waals surface area contributed by atoms with Crippen LogP contribution in [0, 0.1) is 0 Å². The Morgan fingerprint density at radius 1 is 1.14 bits per heavy atom. The van der Waals surface area contributed by atoms with Crippen LogP contribution >= 0.6 is 0 Å². The molecule has 0 spiro atoms. The van der Waals surface area contributed by atoms with Crippen LogP contribution in [0.2, 0.25) is 0 Å². The number of benzene rings is 2. The minimum Gasteiger partial charge on any atom is -0.507 e. The van der Waals surface area contributed by atoms with Crippen LogP contribution in [0.3, 0.4) is 0 Å². The second-order valence-electron chi connectivity index (χ2n) is 8.49. The number of carbonyl (C=O) groups is 2. The molecule has 0 saturated carbocycles. The van der Waals surface area contributed by atoms with Crippen LogP contribution in [0.1, 0.15) is 22.9 Å². The molecule has 0 aliphatic carbocycles. The number of aliphatic hydroxyl groups excluding tert-OH is 1. The maximum atomic E-state index is 13.3. The van der Waals surface area contributed by atoms with Gasteiger partial charge < -0.3 is 24.4 Å². The molecule has 8 nitrogen and oxygen atoms in total. The van der Waals surface area contributed by atoms with Gasteiger partial charge in [-0.25, -0.2) is 0 Å². The maximum Gasteiger partial charge on any atom is 0.296 e. The number of aromatic nitrogens is 1. The van der Waals surface area contributed by atoms with E-state index in [2.05, 4.69) is 4.98 Å². The molecule has 0 radical (unpaired) electrons. The fraction of sp³-hybridized carbons (Fsp3) is 0.222. The number of anilines is 1. The average molecular weight is 472 g/mol. The van der Waals surface area contributed by atoms with Gasteiger partial charge in [-0.1, -0.05) is 18.2 Å². The molecular formula is C27H25N3O5. The molecule has 2 aromatic carbocycles. The Kier molecular flexibility index (Phi) is 5.86. The van der Waals surface area contributed by atoms with Gasteiger partial charge in [0.1, 0.15) is 29.9 Å². The fourth-order valence-electron chi connectivity index (χ4n) is 4.51. The maximum absolute atomic E-state index is 13.3. The number of pyridine rings is 1. The highest BCUT2D eigenvalue weighted by Gasteiger charge is 2.46. The van der Waals surface area contributed by atoms with Gasteiger partial charge in [-0.05, 0) is 48.0 Å². The molecule has 0 bridgehead atoms. The smallest absolute Gasteiger partial charge is 0.296 e. The van der Waals surface area contributed by atoms with E-state index in [-0.39, 0.29) is 17.9 Å². The quantitative estimate of drug-likeness (QED) is 0.346. The van der Waals surface area contributed by atoms with Crippen LogP contribution in [0.15, 0.2) is 72.4 Å². The molecule has 1 unspecified atom stereocenters. The molecule has 1 fully saturated rings.